The zero-order chi connectivity index (χ0) is 16.7. The summed E-state index contributed by atoms with van der Waals surface area (Å²) in [5.74, 6) is -1.28. The van der Waals surface area contributed by atoms with Gasteiger partial charge in [0.2, 0.25) is 10.0 Å². The standard InChI is InChI=1S/C15H16F2N2O3S/c1-10-7-12(18-22-10)9-23(20,21)19-15(5-2-6-15)13-4-3-11(16)8-14(13)17/h3-4,7-8,19H,2,5-6,9H2,1H3. The molecule has 1 N–H and O–H groups in total. The first kappa shape index (κ1) is 16.1. The van der Waals surface area contributed by atoms with Crippen molar-refractivity contribution in [1.82, 2.24) is 9.88 Å². The summed E-state index contributed by atoms with van der Waals surface area (Å²) < 4.78 is 59.3. The van der Waals surface area contributed by atoms with Crippen molar-refractivity contribution >= 4 is 10.0 Å². The molecule has 0 atom stereocenters. The fourth-order valence-electron chi connectivity index (χ4n) is 2.85. The van der Waals surface area contributed by atoms with Crippen molar-refractivity contribution in [2.24, 2.45) is 0 Å². The second-order valence-electron chi connectivity index (χ2n) is 5.85. The molecule has 1 heterocycles. The average Bonchev–Trinajstić information content (AvgIpc) is 2.79. The molecule has 1 saturated carbocycles. The number of rotatable bonds is 5. The largest absolute Gasteiger partial charge is 0.361 e. The Bertz CT molecular complexity index is 829. The summed E-state index contributed by atoms with van der Waals surface area (Å²) in [6.07, 6.45) is 1.70. The first-order chi connectivity index (χ1) is 10.8. The van der Waals surface area contributed by atoms with Crippen molar-refractivity contribution < 1.29 is 21.7 Å². The van der Waals surface area contributed by atoms with E-state index in [9.17, 15) is 17.2 Å². The second-order valence-corrected chi connectivity index (χ2v) is 7.57. The molecule has 0 bridgehead atoms. The Morgan fingerprint density at radius 1 is 1.30 bits per heavy atom. The zero-order valence-corrected chi connectivity index (χ0v) is 13.3. The summed E-state index contributed by atoms with van der Waals surface area (Å²) in [5, 5.41) is 3.66. The van der Waals surface area contributed by atoms with Crippen LogP contribution in [0.3, 0.4) is 0 Å². The minimum Gasteiger partial charge on any atom is -0.361 e. The predicted molar refractivity (Wildman–Crippen MR) is 78.9 cm³/mol. The molecule has 0 aliphatic heterocycles. The summed E-state index contributed by atoms with van der Waals surface area (Å²) in [5.41, 5.74) is -0.566. The predicted octanol–water partition coefficient (Wildman–Crippen LogP) is 2.76. The van der Waals surface area contributed by atoms with Crippen LogP contribution in [0.2, 0.25) is 0 Å². The van der Waals surface area contributed by atoms with Gasteiger partial charge in [-0.15, -0.1) is 0 Å². The van der Waals surface area contributed by atoms with Crippen molar-refractivity contribution in [2.75, 3.05) is 0 Å². The van der Waals surface area contributed by atoms with Gasteiger partial charge < -0.3 is 4.52 Å². The van der Waals surface area contributed by atoms with Crippen LogP contribution in [0.1, 0.15) is 36.3 Å². The molecule has 3 rings (SSSR count). The maximum atomic E-state index is 14.1. The SMILES string of the molecule is Cc1cc(CS(=O)(=O)NC2(c3ccc(F)cc3F)CCC2)no1. The molecular formula is C15H16F2N2O3S. The van der Waals surface area contributed by atoms with Gasteiger partial charge in [-0.05, 0) is 32.3 Å². The maximum Gasteiger partial charge on any atom is 0.218 e. The van der Waals surface area contributed by atoms with E-state index in [4.69, 9.17) is 4.52 Å². The second kappa shape index (κ2) is 5.68. The Morgan fingerprint density at radius 2 is 2.04 bits per heavy atom. The van der Waals surface area contributed by atoms with E-state index in [0.717, 1.165) is 18.6 Å². The van der Waals surface area contributed by atoms with Crippen LogP contribution in [0.5, 0.6) is 0 Å². The molecular weight excluding hydrogens is 326 g/mol. The zero-order valence-electron chi connectivity index (χ0n) is 12.5. The molecule has 23 heavy (non-hydrogen) atoms. The quantitative estimate of drug-likeness (QED) is 0.907. The molecule has 124 valence electrons. The summed E-state index contributed by atoms with van der Waals surface area (Å²) in [6.45, 7) is 1.66. The topological polar surface area (TPSA) is 72.2 Å². The lowest BCUT2D eigenvalue weighted by Crippen LogP contribution is -2.51. The van der Waals surface area contributed by atoms with Crippen molar-refractivity contribution in [3.63, 3.8) is 0 Å². The van der Waals surface area contributed by atoms with E-state index in [2.05, 4.69) is 9.88 Å². The lowest BCUT2D eigenvalue weighted by Gasteiger charge is -2.42. The van der Waals surface area contributed by atoms with Crippen molar-refractivity contribution in [3.05, 3.63) is 52.9 Å². The molecule has 1 aliphatic rings. The van der Waals surface area contributed by atoms with E-state index in [1.54, 1.807) is 6.92 Å². The Kier molecular flexibility index (Phi) is 3.97. The summed E-state index contributed by atoms with van der Waals surface area (Å²) in [6, 6.07) is 4.73. The molecule has 2 aromatic rings. The highest BCUT2D eigenvalue weighted by Crippen LogP contribution is 2.43. The number of sulfonamides is 1. The first-order valence-electron chi connectivity index (χ1n) is 7.19. The molecule has 1 fully saturated rings. The monoisotopic (exact) mass is 342 g/mol. The van der Waals surface area contributed by atoms with E-state index in [-0.39, 0.29) is 17.0 Å². The number of nitrogens with zero attached hydrogens (tertiary/aromatic N) is 1. The van der Waals surface area contributed by atoms with Gasteiger partial charge in [0.25, 0.3) is 0 Å². The fourth-order valence-corrected chi connectivity index (χ4v) is 4.36. The highest BCUT2D eigenvalue weighted by molar-refractivity contribution is 7.88. The average molecular weight is 342 g/mol. The smallest absolute Gasteiger partial charge is 0.218 e. The Balaban J connectivity index is 1.86. The van der Waals surface area contributed by atoms with E-state index >= 15 is 0 Å². The molecule has 1 aromatic carbocycles. The fraction of sp³-hybridized carbons (Fsp3) is 0.400. The summed E-state index contributed by atoms with van der Waals surface area (Å²) in [4.78, 5) is 0. The third-order valence-electron chi connectivity index (χ3n) is 4.02. The molecule has 0 unspecified atom stereocenters. The lowest BCUT2D eigenvalue weighted by atomic mass is 9.72. The lowest BCUT2D eigenvalue weighted by molar-refractivity contribution is 0.216. The van der Waals surface area contributed by atoms with Gasteiger partial charge in [0.05, 0.1) is 5.54 Å². The van der Waals surface area contributed by atoms with Crippen LogP contribution in [0.15, 0.2) is 28.8 Å². The van der Waals surface area contributed by atoms with E-state index in [1.165, 1.54) is 12.1 Å². The van der Waals surface area contributed by atoms with Gasteiger partial charge in [-0.2, -0.15) is 0 Å². The van der Waals surface area contributed by atoms with E-state index in [0.29, 0.717) is 18.6 Å². The van der Waals surface area contributed by atoms with Gasteiger partial charge >= 0.3 is 0 Å². The normalized spacial score (nSPS) is 17.0. The van der Waals surface area contributed by atoms with Crippen molar-refractivity contribution in [3.8, 4) is 0 Å². The Morgan fingerprint density at radius 3 is 2.57 bits per heavy atom. The number of nitrogens with one attached hydrogen (secondary N) is 1. The molecule has 1 aliphatic carbocycles. The Hall–Kier alpha value is -1.80. The molecule has 8 heteroatoms. The van der Waals surface area contributed by atoms with Crippen LogP contribution >= 0.6 is 0 Å². The van der Waals surface area contributed by atoms with Gasteiger partial charge in [-0.25, -0.2) is 21.9 Å². The molecule has 5 nitrogen and oxygen atoms in total. The van der Waals surface area contributed by atoms with Crippen LogP contribution in [0, 0.1) is 18.6 Å². The van der Waals surface area contributed by atoms with Crippen molar-refractivity contribution in [2.45, 2.75) is 37.5 Å². The molecule has 0 amide bonds. The van der Waals surface area contributed by atoms with Gasteiger partial charge in [-0.3, -0.25) is 0 Å². The number of hydrogen-bond donors (Lipinski definition) is 1. The van der Waals surface area contributed by atoms with Crippen molar-refractivity contribution in [1.29, 1.82) is 0 Å². The number of aryl methyl sites for hydroxylation is 1. The third kappa shape index (κ3) is 3.28. The first-order valence-corrected chi connectivity index (χ1v) is 8.84. The highest BCUT2D eigenvalue weighted by atomic mass is 32.2. The van der Waals surface area contributed by atoms with Crippen LogP contribution in [-0.2, 0) is 21.3 Å². The molecule has 0 radical (unpaired) electrons. The number of benzene rings is 1. The number of hydrogen-bond acceptors (Lipinski definition) is 4. The molecule has 0 saturated heterocycles. The minimum atomic E-state index is -3.75. The summed E-state index contributed by atoms with van der Waals surface area (Å²) >= 11 is 0. The number of halogens is 2. The Labute approximate surface area is 132 Å². The molecule has 1 aromatic heterocycles. The van der Waals surface area contributed by atoms with Gasteiger partial charge in [0.15, 0.2) is 0 Å². The minimum absolute atomic E-state index is 0.171. The van der Waals surface area contributed by atoms with Crippen LogP contribution in [-0.4, -0.2) is 13.6 Å². The van der Waals surface area contributed by atoms with Crippen LogP contribution in [0.4, 0.5) is 8.78 Å². The molecule has 0 spiro atoms. The van der Waals surface area contributed by atoms with Gasteiger partial charge in [-0.1, -0.05) is 11.2 Å². The van der Waals surface area contributed by atoms with Crippen LogP contribution in [0.25, 0.3) is 0 Å². The van der Waals surface area contributed by atoms with Gasteiger partial charge in [0.1, 0.15) is 28.8 Å². The third-order valence-corrected chi connectivity index (χ3v) is 5.40. The maximum absolute atomic E-state index is 14.1. The van der Waals surface area contributed by atoms with Gasteiger partial charge in [0, 0.05) is 17.7 Å². The van der Waals surface area contributed by atoms with Crippen LogP contribution < -0.4 is 4.72 Å². The van der Waals surface area contributed by atoms with E-state index in [1.807, 2.05) is 0 Å². The van der Waals surface area contributed by atoms with E-state index < -0.39 is 27.2 Å². The summed E-state index contributed by atoms with van der Waals surface area (Å²) in [7, 11) is -3.75. The highest BCUT2D eigenvalue weighted by Gasteiger charge is 2.43. The number of aromatic nitrogens is 1.